The highest BCUT2D eigenvalue weighted by atomic mass is 16.6. The molecule has 84 valence electrons. The van der Waals surface area contributed by atoms with Gasteiger partial charge in [-0.15, -0.1) is 0 Å². The summed E-state index contributed by atoms with van der Waals surface area (Å²) in [5.41, 5.74) is -0.958. The van der Waals surface area contributed by atoms with Crippen LogP contribution in [0.3, 0.4) is 0 Å². The maximum Gasteiger partial charge on any atom is 0.303 e. The molecule has 0 aromatic rings. The second-order valence-corrected chi connectivity index (χ2v) is 4.02. The zero-order valence-electron chi connectivity index (χ0n) is 9.28. The van der Waals surface area contributed by atoms with Crippen LogP contribution >= 0.6 is 0 Å². The van der Waals surface area contributed by atoms with Crippen LogP contribution in [0.15, 0.2) is 0 Å². The predicted molar refractivity (Wildman–Crippen MR) is 52.7 cm³/mol. The molecule has 0 rings (SSSR count). The fourth-order valence-corrected chi connectivity index (χ4v) is 1.46. The Morgan fingerprint density at radius 1 is 1.43 bits per heavy atom. The molecule has 0 radical (unpaired) electrons. The largest absolute Gasteiger partial charge is 0.456 e. The second-order valence-electron chi connectivity index (χ2n) is 4.02. The van der Waals surface area contributed by atoms with Crippen molar-refractivity contribution < 1.29 is 19.7 Å². The average Bonchev–Trinajstić information content (AvgIpc) is 2.00. The molecule has 0 fully saturated rings. The summed E-state index contributed by atoms with van der Waals surface area (Å²) in [7, 11) is 0. The molecule has 14 heavy (non-hydrogen) atoms. The van der Waals surface area contributed by atoms with Crippen LogP contribution in [0.1, 0.15) is 34.1 Å². The van der Waals surface area contributed by atoms with Gasteiger partial charge in [0.15, 0.2) is 0 Å². The Morgan fingerprint density at radius 3 is 2.14 bits per heavy atom. The first-order valence-electron chi connectivity index (χ1n) is 4.82. The number of aliphatic hydroxyl groups excluding tert-OH is 2. The van der Waals surface area contributed by atoms with E-state index in [4.69, 9.17) is 4.74 Å². The molecule has 0 aromatic heterocycles. The Bertz CT molecular complexity index is 189. The minimum atomic E-state index is -0.958. The molecule has 0 heterocycles. The molecular weight excluding hydrogens is 184 g/mol. The third kappa shape index (κ3) is 3.64. The first kappa shape index (κ1) is 13.4. The van der Waals surface area contributed by atoms with Crippen LogP contribution in [0.5, 0.6) is 0 Å². The Labute approximate surface area is 84.9 Å². The molecule has 0 saturated carbocycles. The van der Waals surface area contributed by atoms with Gasteiger partial charge < -0.3 is 14.9 Å². The third-order valence-corrected chi connectivity index (χ3v) is 2.31. The van der Waals surface area contributed by atoms with E-state index >= 15 is 0 Å². The van der Waals surface area contributed by atoms with Gasteiger partial charge in [-0.25, -0.2) is 0 Å². The Balaban J connectivity index is 4.69. The van der Waals surface area contributed by atoms with Crippen LogP contribution in [0.25, 0.3) is 0 Å². The number of carbonyl (C=O) groups excluding carboxylic acids is 1. The molecule has 2 unspecified atom stereocenters. The maximum absolute atomic E-state index is 10.9. The van der Waals surface area contributed by atoms with Gasteiger partial charge in [0, 0.05) is 13.3 Å². The Morgan fingerprint density at radius 2 is 1.93 bits per heavy atom. The molecule has 0 bridgehead atoms. The number of hydrogen-bond acceptors (Lipinski definition) is 4. The summed E-state index contributed by atoms with van der Waals surface area (Å²) in [6.45, 7) is 6.34. The smallest absolute Gasteiger partial charge is 0.303 e. The number of rotatable bonds is 5. The summed E-state index contributed by atoms with van der Waals surface area (Å²) in [5, 5.41) is 18.5. The Hall–Kier alpha value is -0.610. The summed E-state index contributed by atoms with van der Waals surface area (Å²) in [6.07, 6.45) is -0.357. The van der Waals surface area contributed by atoms with Gasteiger partial charge in [0.1, 0.15) is 5.60 Å². The highest BCUT2D eigenvalue weighted by Crippen LogP contribution is 2.27. The highest BCUT2D eigenvalue weighted by Gasteiger charge is 2.37. The van der Waals surface area contributed by atoms with E-state index in [2.05, 4.69) is 0 Å². The molecule has 2 N–H and O–H groups in total. The van der Waals surface area contributed by atoms with E-state index in [0.717, 1.165) is 0 Å². The number of carbonyl (C=O) groups is 1. The number of esters is 1. The minimum Gasteiger partial charge on any atom is -0.456 e. The fourth-order valence-electron chi connectivity index (χ4n) is 1.46. The van der Waals surface area contributed by atoms with Crippen molar-refractivity contribution in [1.82, 2.24) is 0 Å². The quantitative estimate of drug-likeness (QED) is 0.647. The van der Waals surface area contributed by atoms with Gasteiger partial charge >= 0.3 is 5.97 Å². The van der Waals surface area contributed by atoms with Gasteiger partial charge in [-0.05, 0) is 12.8 Å². The van der Waals surface area contributed by atoms with Crippen molar-refractivity contribution in [2.24, 2.45) is 5.92 Å². The topological polar surface area (TPSA) is 66.8 Å². The van der Waals surface area contributed by atoms with Crippen molar-refractivity contribution in [3.05, 3.63) is 0 Å². The van der Waals surface area contributed by atoms with Gasteiger partial charge in [-0.2, -0.15) is 0 Å². The molecule has 0 saturated heterocycles. The van der Waals surface area contributed by atoms with E-state index in [0.29, 0.717) is 0 Å². The minimum absolute atomic E-state index is 0.0361. The standard InChI is InChI=1S/C10H20O4/c1-7(2)10(6-11,5-8(3)12)14-9(4)13/h7-8,11-12H,5-6H2,1-4H3. The van der Waals surface area contributed by atoms with E-state index in [1.54, 1.807) is 6.92 Å². The van der Waals surface area contributed by atoms with Gasteiger partial charge in [0.2, 0.25) is 0 Å². The molecule has 0 amide bonds. The lowest BCUT2D eigenvalue weighted by atomic mass is 9.85. The summed E-state index contributed by atoms with van der Waals surface area (Å²) in [5.74, 6) is -0.473. The predicted octanol–water partition coefficient (Wildman–Crippen LogP) is 0.707. The van der Waals surface area contributed by atoms with Crippen molar-refractivity contribution in [3.8, 4) is 0 Å². The normalized spacial score (nSPS) is 17.6. The zero-order chi connectivity index (χ0) is 11.4. The molecular formula is C10H20O4. The van der Waals surface area contributed by atoms with E-state index in [9.17, 15) is 15.0 Å². The zero-order valence-corrected chi connectivity index (χ0v) is 9.28. The van der Waals surface area contributed by atoms with Crippen LogP contribution in [0.2, 0.25) is 0 Å². The second kappa shape index (κ2) is 5.32. The van der Waals surface area contributed by atoms with Gasteiger partial charge in [-0.3, -0.25) is 4.79 Å². The van der Waals surface area contributed by atoms with Crippen molar-refractivity contribution in [1.29, 1.82) is 0 Å². The molecule has 0 aliphatic carbocycles. The number of hydrogen-bond donors (Lipinski definition) is 2. The van der Waals surface area contributed by atoms with Crippen molar-refractivity contribution in [2.45, 2.75) is 45.8 Å². The first-order chi connectivity index (χ1) is 6.34. The maximum atomic E-state index is 10.9. The van der Waals surface area contributed by atoms with Gasteiger partial charge in [0.25, 0.3) is 0 Å². The van der Waals surface area contributed by atoms with Crippen LogP contribution in [0, 0.1) is 5.92 Å². The number of aliphatic hydroxyl groups is 2. The molecule has 4 nitrogen and oxygen atoms in total. The summed E-state index contributed by atoms with van der Waals surface area (Å²) < 4.78 is 5.11. The van der Waals surface area contributed by atoms with Crippen molar-refractivity contribution in [3.63, 3.8) is 0 Å². The van der Waals surface area contributed by atoms with Crippen molar-refractivity contribution >= 4 is 5.97 Å². The number of ether oxygens (including phenoxy) is 1. The monoisotopic (exact) mass is 204 g/mol. The van der Waals surface area contributed by atoms with E-state index < -0.39 is 17.7 Å². The van der Waals surface area contributed by atoms with Gasteiger partial charge in [-0.1, -0.05) is 13.8 Å². The van der Waals surface area contributed by atoms with Crippen LogP contribution in [-0.4, -0.2) is 34.5 Å². The summed E-state index contributed by atoms with van der Waals surface area (Å²) >= 11 is 0. The molecule has 2 atom stereocenters. The molecule has 0 aliphatic heterocycles. The molecule has 0 spiro atoms. The van der Waals surface area contributed by atoms with Crippen LogP contribution in [0.4, 0.5) is 0 Å². The lowest BCUT2D eigenvalue weighted by Crippen LogP contribution is -2.45. The molecule has 4 heteroatoms. The molecule has 0 aromatic carbocycles. The van der Waals surface area contributed by atoms with Crippen LogP contribution < -0.4 is 0 Å². The summed E-state index contributed by atoms with van der Waals surface area (Å²) in [4.78, 5) is 10.9. The van der Waals surface area contributed by atoms with Gasteiger partial charge in [0.05, 0.1) is 12.7 Å². The lowest BCUT2D eigenvalue weighted by molar-refractivity contribution is -0.173. The van der Waals surface area contributed by atoms with Crippen molar-refractivity contribution in [2.75, 3.05) is 6.61 Å². The first-order valence-corrected chi connectivity index (χ1v) is 4.82. The lowest BCUT2D eigenvalue weighted by Gasteiger charge is -2.36. The summed E-state index contributed by atoms with van der Waals surface area (Å²) in [6, 6.07) is 0. The third-order valence-electron chi connectivity index (χ3n) is 2.31. The van der Waals surface area contributed by atoms with E-state index in [-0.39, 0.29) is 18.9 Å². The van der Waals surface area contributed by atoms with E-state index in [1.165, 1.54) is 6.92 Å². The average molecular weight is 204 g/mol. The fraction of sp³-hybridized carbons (Fsp3) is 0.900. The van der Waals surface area contributed by atoms with Crippen LogP contribution in [-0.2, 0) is 9.53 Å². The Kier molecular flexibility index (Phi) is 5.08. The SMILES string of the molecule is CC(=O)OC(CO)(CC(C)O)C(C)C. The highest BCUT2D eigenvalue weighted by molar-refractivity contribution is 5.66. The van der Waals surface area contributed by atoms with E-state index in [1.807, 2.05) is 13.8 Å². The molecule has 0 aliphatic rings.